The molecule has 0 saturated carbocycles. The van der Waals surface area contributed by atoms with Crippen molar-refractivity contribution in [2.24, 2.45) is 0 Å². The first kappa shape index (κ1) is 48.7. The van der Waals surface area contributed by atoms with Crippen molar-refractivity contribution in [2.45, 2.75) is 130 Å². The summed E-state index contributed by atoms with van der Waals surface area (Å²) in [4.78, 5) is 7.66. The molecule has 75 heavy (non-hydrogen) atoms. The number of hydrogen-bond donors (Lipinski definition) is 0. The summed E-state index contributed by atoms with van der Waals surface area (Å²) in [6.45, 7) is 30.5. The smallest absolute Gasteiger partial charge is 0.297 e. The fourth-order valence-electron chi connectivity index (χ4n) is 12.4. The van der Waals surface area contributed by atoms with Crippen molar-refractivity contribution in [1.29, 1.82) is 0 Å². The van der Waals surface area contributed by atoms with E-state index in [2.05, 4.69) is 281 Å². The molecule has 3 aliphatic rings. The van der Waals surface area contributed by atoms with Gasteiger partial charge in [0, 0.05) is 45.1 Å². The van der Waals surface area contributed by atoms with E-state index in [0.717, 1.165) is 75.0 Å². The van der Waals surface area contributed by atoms with Crippen LogP contribution in [0.4, 0.5) is 51.2 Å². The third-order valence-corrected chi connectivity index (χ3v) is 17.0. The zero-order valence-electron chi connectivity index (χ0n) is 46.5. The maximum absolute atomic E-state index is 7.62. The third kappa shape index (κ3) is 8.12. The highest BCUT2D eigenvalue weighted by molar-refractivity contribution is 7.00. The molecule has 0 fully saturated rings. The molecule has 3 heterocycles. The van der Waals surface area contributed by atoms with Gasteiger partial charge in [0.2, 0.25) is 0 Å². The lowest BCUT2D eigenvalue weighted by atomic mass is 9.35. The van der Waals surface area contributed by atoms with Crippen LogP contribution in [0.15, 0.2) is 180 Å². The first-order valence-corrected chi connectivity index (χ1v) is 27.3. The number of benzene rings is 8. The molecule has 0 spiro atoms. The summed E-state index contributed by atoms with van der Waals surface area (Å²) in [6, 6.07) is 66.6. The maximum atomic E-state index is 7.62. The third-order valence-electron chi connectivity index (χ3n) is 17.0. The molecule has 0 saturated heterocycles. The van der Waals surface area contributed by atoms with Gasteiger partial charge in [0.25, 0.3) is 6.71 Å². The molecule has 376 valence electrons. The Balaban J connectivity index is 1.28. The summed E-state index contributed by atoms with van der Waals surface area (Å²) in [6.07, 6.45) is 2.25. The SMILES string of the molecule is CC(C)(C)c1ccc(N2c3cc4c(cc3B3c5oc6ccc(C(C)(C)C)cc6c5N(c5ccc(C(C)(C)C)cc5-c5ccccc5)c5cc(N(c6ccccc6)c6ccccc6)cc2c53)C(C)(C)CCC4(C)C)cc1. The van der Waals surface area contributed by atoms with Crippen molar-refractivity contribution < 1.29 is 4.42 Å². The quantitative estimate of drug-likeness (QED) is 0.155. The predicted molar refractivity (Wildman–Crippen MR) is 322 cm³/mol. The number of para-hydroxylation sites is 2. The highest BCUT2D eigenvalue weighted by atomic mass is 16.3. The summed E-state index contributed by atoms with van der Waals surface area (Å²) >= 11 is 0. The first-order valence-electron chi connectivity index (χ1n) is 27.3. The van der Waals surface area contributed by atoms with E-state index in [1.165, 1.54) is 55.6 Å². The number of anilines is 9. The highest BCUT2D eigenvalue weighted by Gasteiger charge is 2.50. The van der Waals surface area contributed by atoms with E-state index < -0.39 is 0 Å². The van der Waals surface area contributed by atoms with Crippen LogP contribution in [0.5, 0.6) is 0 Å². The zero-order valence-corrected chi connectivity index (χ0v) is 46.5. The Kier molecular flexibility index (Phi) is 11.1. The van der Waals surface area contributed by atoms with Gasteiger partial charge in [-0.25, -0.2) is 0 Å². The molecule has 0 radical (unpaired) electrons. The van der Waals surface area contributed by atoms with Crippen molar-refractivity contribution in [3.05, 3.63) is 204 Å². The van der Waals surface area contributed by atoms with Crippen LogP contribution in [-0.4, -0.2) is 6.71 Å². The molecule has 4 nitrogen and oxygen atoms in total. The fraction of sp³-hybridized carbons (Fsp3) is 0.286. The van der Waals surface area contributed by atoms with E-state index in [0.29, 0.717) is 0 Å². The second-order valence-electron chi connectivity index (χ2n) is 26.2. The van der Waals surface area contributed by atoms with Crippen molar-refractivity contribution >= 4 is 85.5 Å². The summed E-state index contributed by atoms with van der Waals surface area (Å²) < 4.78 is 7.62. The molecule has 5 heteroatoms. The van der Waals surface area contributed by atoms with Crippen LogP contribution in [0.3, 0.4) is 0 Å². The van der Waals surface area contributed by atoms with Crippen LogP contribution in [0.2, 0.25) is 0 Å². The monoisotopic (exact) mass is 982 g/mol. The molecule has 1 aromatic heterocycles. The molecular weight excluding hydrogens is 910 g/mol. The van der Waals surface area contributed by atoms with E-state index in [4.69, 9.17) is 4.42 Å². The summed E-state index contributed by atoms with van der Waals surface area (Å²) in [5.41, 5.74) is 23.4. The van der Waals surface area contributed by atoms with Gasteiger partial charge in [0.15, 0.2) is 0 Å². The van der Waals surface area contributed by atoms with Gasteiger partial charge in [-0.3, -0.25) is 0 Å². The standard InChI is InChI=1S/C70H72BN3O/c1-66(2,3)46-29-33-51(34-30-46)73-59-44-56-55(69(10,11)37-38-70(56,12)13)43-57(59)71-63-60(73)41-52(72(49-25-19-15-20-26-49)50-27-21-16-22-28-50)42-61(63)74(64-54-40-48(68(7,8)9)32-36-62(54)75-65(64)71)58-35-31-47(67(4,5)6)39-53(58)45-23-17-14-18-24-45/h14-36,39-44H,37-38H2,1-13H3. The van der Waals surface area contributed by atoms with Gasteiger partial charge in [0.1, 0.15) is 5.58 Å². The van der Waals surface area contributed by atoms with E-state index in [-0.39, 0.29) is 33.8 Å². The lowest BCUT2D eigenvalue weighted by molar-refractivity contribution is 0.332. The van der Waals surface area contributed by atoms with Crippen LogP contribution in [0, 0.1) is 0 Å². The maximum Gasteiger partial charge on any atom is 0.297 e. The summed E-state index contributed by atoms with van der Waals surface area (Å²) in [5.74, 6) is 0. The number of rotatable bonds is 6. The minimum absolute atomic E-state index is 0.00684. The normalized spacial score (nSPS) is 15.6. The summed E-state index contributed by atoms with van der Waals surface area (Å²) in [5, 5.41) is 1.12. The minimum atomic E-state index is -0.219. The Hall–Kier alpha value is -7.24. The predicted octanol–water partition coefficient (Wildman–Crippen LogP) is 17.9. The Morgan fingerprint density at radius 2 is 0.973 bits per heavy atom. The average molecular weight is 982 g/mol. The molecule has 8 aromatic carbocycles. The number of nitrogens with zero attached hydrogens (tertiary/aromatic N) is 3. The lowest BCUT2D eigenvalue weighted by Crippen LogP contribution is -2.61. The number of fused-ring (bicyclic) bond motifs is 7. The Morgan fingerprint density at radius 3 is 1.55 bits per heavy atom. The highest BCUT2D eigenvalue weighted by Crippen LogP contribution is 2.54. The Bertz CT molecular complexity index is 3620. The molecule has 0 bridgehead atoms. The van der Waals surface area contributed by atoms with Crippen LogP contribution >= 0.6 is 0 Å². The van der Waals surface area contributed by atoms with Gasteiger partial charge in [0.05, 0.1) is 22.7 Å². The molecule has 0 atom stereocenters. The zero-order chi connectivity index (χ0) is 52.6. The largest absolute Gasteiger partial charge is 0.468 e. The summed E-state index contributed by atoms with van der Waals surface area (Å²) in [7, 11) is 0. The molecule has 2 aliphatic heterocycles. The van der Waals surface area contributed by atoms with Crippen LogP contribution < -0.4 is 31.3 Å². The minimum Gasteiger partial charge on any atom is -0.468 e. The van der Waals surface area contributed by atoms with Crippen molar-refractivity contribution in [2.75, 3.05) is 14.7 Å². The number of hydrogen-bond acceptors (Lipinski definition) is 4. The first-order chi connectivity index (χ1) is 35.6. The van der Waals surface area contributed by atoms with Gasteiger partial charge in [-0.1, -0.05) is 187 Å². The van der Waals surface area contributed by atoms with Gasteiger partial charge < -0.3 is 19.1 Å². The topological polar surface area (TPSA) is 22.9 Å². The van der Waals surface area contributed by atoms with E-state index in [1.807, 2.05) is 0 Å². The number of furan rings is 1. The molecule has 0 amide bonds. The van der Waals surface area contributed by atoms with Gasteiger partial charge in [-0.05, 0) is 163 Å². The second-order valence-corrected chi connectivity index (χ2v) is 26.2. The van der Waals surface area contributed by atoms with Crippen LogP contribution in [0.1, 0.15) is 131 Å². The van der Waals surface area contributed by atoms with Gasteiger partial charge >= 0.3 is 0 Å². The Labute approximate surface area is 447 Å². The van der Waals surface area contributed by atoms with E-state index in [9.17, 15) is 0 Å². The van der Waals surface area contributed by atoms with Crippen molar-refractivity contribution in [1.82, 2.24) is 0 Å². The van der Waals surface area contributed by atoms with Crippen LogP contribution in [-0.2, 0) is 27.1 Å². The van der Waals surface area contributed by atoms with Crippen LogP contribution in [0.25, 0.3) is 22.1 Å². The fourth-order valence-corrected chi connectivity index (χ4v) is 12.4. The molecular formula is C70H72BN3O. The van der Waals surface area contributed by atoms with Gasteiger partial charge in [-0.2, -0.15) is 0 Å². The second kappa shape index (κ2) is 17.1. The molecule has 0 N–H and O–H groups in total. The molecule has 9 aromatic rings. The molecule has 1 aliphatic carbocycles. The molecule has 12 rings (SSSR count). The van der Waals surface area contributed by atoms with E-state index in [1.54, 1.807) is 0 Å². The van der Waals surface area contributed by atoms with Crippen molar-refractivity contribution in [3.8, 4) is 11.1 Å². The van der Waals surface area contributed by atoms with Gasteiger partial charge in [-0.15, -0.1) is 0 Å². The molecule has 0 unspecified atom stereocenters. The average Bonchev–Trinajstić information content (AvgIpc) is 3.97. The lowest BCUT2D eigenvalue weighted by Gasteiger charge is -2.47. The van der Waals surface area contributed by atoms with Crippen molar-refractivity contribution in [3.63, 3.8) is 0 Å². The Morgan fingerprint density at radius 1 is 0.467 bits per heavy atom. The van der Waals surface area contributed by atoms with E-state index >= 15 is 0 Å².